The Balaban J connectivity index is 1.65. The van der Waals surface area contributed by atoms with Crippen molar-refractivity contribution in [1.29, 1.82) is 0 Å². The summed E-state index contributed by atoms with van der Waals surface area (Å²) in [5.74, 6) is 0.710. The topological polar surface area (TPSA) is 41.5 Å². The third-order valence-electron chi connectivity index (χ3n) is 3.55. The standard InChI is InChI=1S/C11H21NO2/c13-8-11(9-3-1-4-9)12-7-10-5-2-6-14-10/h9-13H,1-8H2. The van der Waals surface area contributed by atoms with E-state index in [0.29, 0.717) is 18.1 Å². The fourth-order valence-electron chi connectivity index (χ4n) is 2.31. The summed E-state index contributed by atoms with van der Waals surface area (Å²) in [5.41, 5.74) is 0. The molecule has 2 fully saturated rings. The Labute approximate surface area is 85.8 Å². The first-order valence-electron chi connectivity index (χ1n) is 5.86. The van der Waals surface area contributed by atoms with Gasteiger partial charge in [0.25, 0.3) is 0 Å². The van der Waals surface area contributed by atoms with E-state index in [-0.39, 0.29) is 6.61 Å². The Morgan fingerprint density at radius 2 is 2.14 bits per heavy atom. The van der Waals surface area contributed by atoms with Gasteiger partial charge in [-0.3, -0.25) is 0 Å². The molecule has 0 aromatic carbocycles. The Kier molecular flexibility index (Phi) is 3.79. The smallest absolute Gasteiger partial charge is 0.0700 e. The predicted octanol–water partition coefficient (Wildman–Crippen LogP) is 0.916. The van der Waals surface area contributed by atoms with Gasteiger partial charge in [0.15, 0.2) is 0 Å². The van der Waals surface area contributed by atoms with E-state index >= 15 is 0 Å². The second-order valence-electron chi connectivity index (χ2n) is 4.52. The molecule has 1 aliphatic heterocycles. The number of aliphatic hydroxyl groups excluding tert-OH is 1. The maximum atomic E-state index is 9.23. The number of ether oxygens (including phenoxy) is 1. The Morgan fingerprint density at radius 3 is 2.64 bits per heavy atom. The van der Waals surface area contributed by atoms with Crippen molar-refractivity contribution in [3.63, 3.8) is 0 Å². The maximum Gasteiger partial charge on any atom is 0.0700 e. The minimum Gasteiger partial charge on any atom is -0.395 e. The fraction of sp³-hybridized carbons (Fsp3) is 1.00. The van der Waals surface area contributed by atoms with E-state index in [1.807, 2.05) is 0 Å². The highest BCUT2D eigenvalue weighted by Gasteiger charge is 2.27. The van der Waals surface area contributed by atoms with Gasteiger partial charge in [-0.2, -0.15) is 0 Å². The lowest BCUT2D eigenvalue weighted by molar-refractivity contribution is 0.0901. The van der Waals surface area contributed by atoms with Gasteiger partial charge in [-0.15, -0.1) is 0 Å². The van der Waals surface area contributed by atoms with Gasteiger partial charge in [0.2, 0.25) is 0 Å². The molecule has 3 heteroatoms. The number of hydrogen-bond acceptors (Lipinski definition) is 3. The molecular weight excluding hydrogens is 178 g/mol. The van der Waals surface area contributed by atoms with Crippen molar-refractivity contribution in [1.82, 2.24) is 5.32 Å². The molecule has 0 radical (unpaired) electrons. The monoisotopic (exact) mass is 199 g/mol. The Hall–Kier alpha value is -0.120. The molecule has 0 bridgehead atoms. The second kappa shape index (κ2) is 5.10. The van der Waals surface area contributed by atoms with Crippen molar-refractivity contribution in [2.45, 2.75) is 44.2 Å². The van der Waals surface area contributed by atoms with Crippen molar-refractivity contribution in [2.24, 2.45) is 5.92 Å². The van der Waals surface area contributed by atoms with E-state index in [1.165, 1.54) is 32.1 Å². The highest BCUT2D eigenvalue weighted by atomic mass is 16.5. The highest BCUT2D eigenvalue weighted by molar-refractivity contribution is 4.83. The molecule has 14 heavy (non-hydrogen) atoms. The van der Waals surface area contributed by atoms with Crippen molar-refractivity contribution < 1.29 is 9.84 Å². The van der Waals surface area contributed by atoms with E-state index in [4.69, 9.17) is 4.74 Å². The first kappa shape index (κ1) is 10.4. The van der Waals surface area contributed by atoms with E-state index < -0.39 is 0 Å². The normalized spacial score (nSPS) is 30.2. The molecule has 2 atom stereocenters. The van der Waals surface area contributed by atoms with Crippen LogP contribution in [0.2, 0.25) is 0 Å². The van der Waals surface area contributed by atoms with Crippen molar-refractivity contribution in [3.05, 3.63) is 0 Å². The zero-order chi connectivity index (χ0) is 9.80. The van der Waals surface area contributed by atoms with Crippen LogP contribution in [0.15, 0.2) is 0 Å². The number of aliphatic hydroxyl groups is 1. The van der Waals surface area contributed by atoms with E-state index in [0.717, 1.165) is 13.2 Å². The van der Waals surface area contributed by atoms with Gasteiger partial charge in [-0.25, -0.2) is 0 Å². The first-order chi connectivity index (χ1) is 6.90. The van der Waals surface area contributed by atoms with E-state index in [1.54, 1.807) is 0 Å². The summed E-state index contributed by atoms with van der Waals surface area (Å²) in [7, 11) is 0. The summed E-state index contributed by atoms with van der Waals surface area (Å²) < 4.78 is 5.54. The minimum atomic E-state index is 0.275. The molecule has 0 aromatic rings. The van der Waals surface area contributed by atoms with Crippen LogP contribution in [-0.4, -0.2) is 37.0 Å². The van der Waals surface area contributed by atoms with Crippen LogP contribution < -0.4 is 5.32 Å². The highest BCUT2D eigenvalue weighted by Crippen LogP contribution is 2.29. The second-order valence-corrected chi connectivity index (χ2v) is 4.52. The number of rotatable bonds is 5. The molecule has 82 valence electrons. The Morgan fingerprint density at radius 1 is 1.29 bits per heavy atom. The lowest BCUT2D eigenvalue weighted by Crippen LogP contribution is -2.45. The quantitative estimate of drug-likeness (QED) is 0.691. The summed E-state index contributed by atoms with van der Waals surface area (Å²) in [6, 6.07) is 0.313. The molecular formula is C11H21NO2. The van der Waals surface area contributed by atoms with E-state index in [2.05, 4.69) is 5.32 Å². The van der Waals surface area contributed by atoms with Gasteiger partial charge in [-0.1, -0.05) is 6.42 Å². The van der Waals surface area contributed by atoms with Crippen LogP contribution in [0.25, 0.3) is 0 Å². The van der Waals surface area contributed by atoms with Crippen LogP contribution in [0.1, 0.15) is 32.1 Å². The molecule has 1 heterocycles. The lowest BCUT2D eigenvalue weighted by atomic mass is 9.80. The van der Waals surface area contributed by atoms with Gasteiger partial charge in [0.1, 0.15) is 0 Å². The first-order valence-corrected chi connectivity index (χ1v) is 5.86. The molecule has 2 aliphatic rings. The summed E-state index contributed by atoms with van der Waals surface area (Å²) in [4.78, 5) is 0. The zero-order valence-electron chi connectivity index (χ0n) is 8.74. The van der Waals surface area contributed by atoms with Crippen LogP contribution in [0.5, 0.6) is 0 Å². The van der Waals surface area contributed by atoms with Crippen LogP contribution in [-0.2, 0) is 4.74 Å². The lowest BCUT2D eigenvalue weighted by Gasteiger charge is -2.33. The van der Waals surface area contributed by atoms with Crippen LogP contribution in [0.3, 0.4) is 0 Å². The molecule has 0 amide bonds. The average Bonchev–Trinajstić information content (AvgIpc) is 2.61. The molecule has 0 spiro atoms. The van der Waals surface area contributed by atoms with Crippen LogP contribution in [0.4, 0.5) is 0 Å². The third-order valence-corrected chi connectivity index (χ3v) is 3.55. The third kappa shape index (κ3) is 2.47. The summed E-state index contributed by atoms with van der Waals surface area (Å²) in [5, 5.41) is 12.7. The summed E-state index contributed by atoms with van der Waals surface area (Å²) in [6.07, 6.45) is 6.66. The molecule has 1 aliphatic carbocycles. The molecule has 1 saturated carbocycles. The maximum absolute atomic E-state index is 9.23. The molecule has 0 aromatic heterocycles. The Bertz CT molecular complexity index is 165. The SMILES string of the molecule is OCC(NCC1CCCO1)C1CCC1. The molecule has 2 unspecified atom stereocenters. The number of nitrogens with one attached hydrogen (secondary N) is 1. The van der Waals surface area contributed by atoms with Crippen LogP contribution in [0, 0.1) is 5.92 Å². The van der Waals surface area contributed by atoms with Crippen molar-refractivity contribution >= 4 is 0 Å². The van der Waals surface area contributed by atoms with E-state index in [9.17, 15) is 5.11 Å². The fourth-order valence-corrected chi connectivity index (χ4v) is 2.31. The van der Waals surface area contributed by atoms with Gasteiger partial charge in [0, 0.05) is 19.2 Å². The summed E-state index contributed by atoms with van der Waals surface area (Å²) >= 11 is 0. The molecule has 3 nitrogen and oxygen atoms in total. The zero-order valence-corrected chi connectivity index (χ0v) is 8.74. The van der Waals surface area contributed by atoms with Crippen molar-refractivity contribution in [2.75, 3.05) is 19.8 Å². The van der Waals surface area contributed by atoms with Crippen molar-refractivity contribution in [3.8, 4) is 0 Å². The molecule has 1 saturated heterocycles. The van der Waals surface area contributed by atoms with Crippen LogP contribution >= 0.6 is 0 Å². The molecule has 2 N–H and O–H groups in total. The van der Waals surface area contributed by atoms with Gasteiger partial charge < -0.3 is 15.2 Å². The number of hydrogen-bond donors (Lipinski definition) is 2. The van der Waals surface area contributed by atoms with Gasteiger partial charge in [-0.05, 0) is 31.6 Å². The largest absolute Gasteiger partial charge is 0.395 e. The van der Waals surface area contributed by atoms with Gasteiger partial charge >= 0.3 is 0 Å². The summed E-state index contributed by atoms with van der Waals surface area (Å²) in [6.45, 7) is 2.11. The van der Waals surface area contributed by atoms with Gasteiger partial charge in [0.05, 0.1) is 12.7 Å². The predicted molar refractivity (Wildman–Crippen MR) is 55.2 cm³/mol. The minimum absolute atomic E-state index is 0.275. The molecule has 2 rings (SSSR count). The average molecular weight is 199 g/mol.